The number of esters is 2. The Hall–Kier alpha value is -3.00. The monoisotopic (exact) mass is 375 g/mol. The maximum Gasteiger partial charge on any atom is 0.405 e. The Balaban J connectivity index is 2.70. The third kappa shape index (κ3) is 3.97. The van der Waals surface area contributed by atoms with E-state index in [0.717, 1.165) is 12.8 Å². The number of aromatic nitrogens is 1. The number of ketones is 1. The molecule has 0 spiro atoms. The number of nitrogens with zero attached hydrogens (tertiary/aromatic N) is 2. The van der Waals surface area contributed by atoms with Gasteiger partial charge in [0.1, 0.15) is 0 Å². The first-order chi connectivity index (χ1) is 12.4. The molecule has 0 aliphatic heterocycles. The van der Waals surface area contributed by atoms with Gasteiger partial charge in [-0.3, -0.25) is 4.79 Å². The van der Waals surface area contributed by atoms with Gasteiger partial charge in [0.25, 0.3) is 0 Å². The predicted molar refractivity (Wildman–Crippen MR) is 96.9 cm³/mol. The maximum atomic E-state index is 12.8. The van der Waals surface area contributed by atoms with E-state index in [9.17, 15) is 14.4 Å². The van der Waals surface area contributed by atoms with Gasteiger partial charge in [0.2, 0.25) is 5.78 Å². The molecular formula is C18H19N2O5S+. The third-order valence-electron chi connectivity index (χ3n) is 3.56. The Morgan fingerprint density at radius 3 is 2.08 bits per heavy atom. The van der Waals surface area contributed by atoms with Crippen LogP contribution < -0.4 is 9.47 Å². The van der Waals surface area contributed by atoms with Crippen molar-refractivity contribution >= 4 is 40.4 Å². The Labute approximate surface area is 155 Å². The Morgan fingerprint density at radius 2 is 1.62 bits per heavy atom. The van der Waals surface area contributed by atoms with E-state index in [0.29, 0.717) is 4.88 Å². The van der Waals surface area contributed by atoms with E-state index in [-0.39, 0.29) is 11.3 Å². The number of Topliss-reactive ketones (excluding diaryl/α,β-unsaturated/α-hetero) is 1. The van der Waals surface area contributed by atoms with E-state index in [1.165, 1.54) is 23.0 Å². The molecule has 0 aliphatic rings. The van der Waals surface area contributed by atoms with Gasteiger partial charge in [0.05, 0.1) is 19.1 Å². The zero-order chi connectivity index (χ0) is 19.3. The van der Waals surface area contributed by atoms with Gasteiger partial charge in [-0.1, -0.05) is 6.07 Å². The number of carbonyl (C=O) groups is 3. The molecule has 0 bridgehead atoms. The summed E-state index contributed by atoms with van der Waals surface area (Å²) in [6.07, 6.45) is 3.15. The quantitative estimate of drug-likeness (QED) is 0.190. The van der Waals surface area contributed by atoms with Crippen LogP contribution in [-0.4, -0.2) is 46.0 Å². The highest BCUT2D eigenvalue weighted by atomic mass is 32.1. The summed E-state index contributed by atoms with van der Waals surface area (Å²) in [4.78, 5) is 39.8. The van der Waals surface area contributed by atoms with Gasteiger partial charge in [0.15, 0.2) is 18.0 Å². The van der Waals surface area contributed by atoms with Crippen molar-refractivity contribution in [3.8, 4) is 0 Å². The molecule has 0 saturated heterocycles. The third-order valence-corrected chi connectivity index (χ3v) is 4.43. The SMILES string of the molecule is COC(=O)/C(C(=O)c1cccs1)=C(\C(=O)OC)[n+]1ccc(N(C)C)cc1. The summed E-state index contributed by atoms with van der Waals surface area (Å²) in [6, 6.07) is 6.75. The van der Waals surface area contributed by atoms with Crippen LogP contribution in [0.1, 0.15) is 9.67 Å². The number of anilines is 1. The molecule has 0 radical (unpaired) electrons. The van der Waals surface area contributed by atoms with E-state index >= 15 is 0 Å². The Bertz CT molecular complexity index is 839. The Morgan fingerprint density at radius 1 is 1.00 bits per heavy atom. The lowest BCUT2D eigenvalue weighted by Crippen LogP contribution is -2.40. The lowest BCUT2D eigenvalue weighted by molar-refractivity contribution is -0.578. The zero-order valence-electron chi connectivity index (χ0n) is 14.9. The number of hydrogen-bond donors (Lipinski definition) is 0. The highest BCUT2D eigenvalue weighted by molar-refractivity contribution is 7.12. The summed E-state index contributed by atoms with van der Waals surface area (Å²) in [5, 5.41) is 1.71. The van der Waals surface area contributed by atoms with Gasteiger partial charge in [-0.05, 0) is 11.4 Å². The molecule has 0 saturated carbocycles. The van der Waals surface area contributed by atoms with Crippen molar-refractivity contribution in [3.63, 3.8) is 0 Å². The van der Waals surface area contributed by atoms with Crippen molar-refractivity contribution < 1.29 is 28.4 Å². The fraction of sp³-hybridized carbons (Fsp3) is 0.222. The minimum Gasteiger partial charge on any atom is -0.465 e. The minimum atomic E-state index is -0.909. The number of ether oxygens (including phenoxy) is 2. The smallest absolute Gasteiger partial charge is 0.405 e. The molecule has 2 rings (SSSR count). The fourth-order valence-electron chi connectivity index (χ4n) is 2.23. The summed E-state index contributed by atoms with van der Waals surface area (Å²) < 4.78 is 10.9. The van der Waals surface area contributed by atoms with Crippen LogP contribution in [0.2, 0.25) is 0 Å². The number of pyridine rings is 1. The normalized spacial score (nSPS) is 11.4. The van der Waals surface area contributed by atoms with Crippen LogP contribution in [0.5, 0.6) is 0 Å². The van der Waals surface area contributed by atoms with E-state index in [4.69, 9.17) is 9.47 Å². The number of rotatable bonds is 6. The average molecular weight is 375 g/mol. The fourth-order valence-corrected chi connectivity index (χ4v) is 2.90. The average Bonchev–Trinajstić information content (AvgIpc) is 3.19. The molecule has 2 heterocycles. The highest BCUT2D eigenvalue weighted by Crippen LogP contribution is 2.20. The molecule has 0 N–H and O–H groups in total. The van der Waals surface area contributed by atoms with E-state index in [1.54, 1.807) is 42.0 Å². The lowest BCUT2D eigenvalue weighted by atomic mass is 10.1. The van der Waals surface area contributed by atoms with Crippen molar-refractivity contribution in [2.75, 3.05) is 33.2 Å². The van der Waals surface area contributed by atoms with Gasteiger partial charge in [0, 0.05) is 31.9 Å². The highest BCUT2D eigenvalue weighted by Gasteiger charge is 2.36. The molecule has 136 valence electrons. The van der Waals surface area contributed by atoms with Crippen LogP contribution >= 0.6 is 11.3 Å². The molecule has 0 atom stereocenters. The van der Waals surface area contributed by atoms with E-state index in [1.807, 2.05) is 19.0 Å². The number of thiophene rings is 1. The molecular weight excluding hydrogens is 356 g/mol. The molecule has 0 fully saturated rings. The standard InChI is InChI=1S/C18H19N2O5S/c1-19(2)12-7-9-20(10-8-12)15(18(23)25-4)14(17(22)24-3)16(21)13-6-5-11-26-13/h5-11H,1-4H3/q+1/b15-14+. The van der Waals surface area contributed by atoms with Crippen LogP contribution in [0.3, 0.4) is 0 Å². The van der Waals surface area contributed by atoms with Gasteiger partial charge < -0.3 is 14.4 Å². The number of methoxy groups -OCH3 is 2. The largest absolute Gasteiger partial charge is 0.465 e. The predicted octanol–water partition coefficient (Wildman–Crippen LogP) is 1.54. The van der Waals surface area contributed by atoms with Gasteiger partial charge in [-0.15, -0.1) is 11.3 Å². The van der Waals surface area contributed by atoms with Gasteiger partial charge >= 0.3 is 17.6 Å². The summed E-state index contributed by atoms with van der Waals surface area (Å²) >= 11 is 1.17. The second-order valence-corrected chi connectivity index (χ2v) is 6.32. The second-order valence-electron chi connectivity index (χ2n) is 5.37. The van der Waals surface area contributed by atoms with Crippen molar-refractivity contribution in [1.29, 1.82) is 0 Å². The first-order valence-corrected chi connectivity index (χ1v) is 8.46. The molecule has 2 aromatic heterocycles. The van der Waals surface area contributed by atoms with Crippen molar-refractivity contribution in [2.45, 2.75) is 0 Å². The Kier molecular flexibility index (Phi) is 6.24. The minimum absolute atomic E-state index is 0.206. The van der Waals surface area contributed by atoms with Crippen LogP contribution in [0.15, 0.2) is 47.6 Å². The number of carbonyl (C=O) groups excluding carboxylic acids is 3. The lowest BCUT2D eigenvalue weighted by Gasteiger charge is -2.11. The van der Waals surface area contributed by atoms with Crippen LogP contribution in [-0.2, 0) is 19.1 Å². The summed E-state index contributed by atoms with van der Waals surface area (Å²) in [7, 11) is 6.08. The molecule has 0 amide bonds. The summed E-state index contributed by atoms with van der Waals surface area (Å²) in [5.41, 5.74) is 0.294. The van der Waals surface area contributed by atoms with Crippen LogP contribution in [0, 0.1) is 0 Å². The molecule has 7 nitrogen and oxygen atoms in total. The van der Waals surface area contributed by atoms with Crippen LogP contribution in [0.4, 0.5) is 5.69 Å². The summed E-state index contributed by atoms with van der Waals surface area (Å²) in [5.74, 6) is -2.33. The first-order valence-electron chi connectivity index (χ1n) is 7.58. The summed E-state index contributed by atoms with van der Waals surface area (Å²) in [6.45, 7) is 0. The van der Waals surface area contributed by atoms with E-state index in [2.05, 4.69) is 0 Å². The van der Waals surface area contributed by atoms with Crippen LogP contribution in [0.25, 0.3) is 5.70 Å². The van der Waals surface area contributed by atoms with E-state index < -0.39 is 17.7 Å². The molecule has 8 heteroatoms. The van der Waals surface area contributed by atoms with Crippen molar-refractivity contribution in [3.05, 3.63) is 52.5 Å². The molecule has 2 aromatic rings. The first kappa shape index (κ1) is 19.3. The molecule has 0 aromatic carbocycles. The maximum absolute atomic E-state index is 12.8. The topological polar surface area (TPSA) is 76.8 Å². The van der Waals surface area contributed by atoms with Gasteiger partial charge in [-0.2, -0.15) is 4.57 Å². The molecule has 0 unspecified atom stereocenters. The van der Waals surface area contributed by atoms with Crippen molar-refractivity contribution in [1.82, 2.24) is 0 Å². The zero-order valence-corrected chi connectivity index (χ0v) is 15.7. The van der Waals surface area contributed by atoms with Crippen molar-refractivity contribution in [2.24, 2.45) is 0 Å². The molecule has 0 aliphatic carbocycles. The number of hydrogen-bond acceptors (Lipinski definition) is 7. The molecule has 26 heavy (non-hydrogen) atoms. The second kappa shape index (κ2) is 8.39. The van der Waals surface area contributed by atoms with Gasteiger partial charge in [-0.25, -0.2) is 9.59 Å².